The summed E-state index contributed by atoms with van der Waals surface area (Å²) in [5.74, 6) is 1.15. The molecule has 2 aliphatic heterocycles. The van der Waals surface area contributed by atoms with Crippen LogP contribution >= 0.6 is 0 Å². The first kappa shape index (κ1) is 22.9. The Morgan fingerprint density at radius 2 is 1.21 bits per heavy atom. The highest BCUT2D eigenvalue weighted by Gasteiger charge is 2.74. The molecule has 4 aliphatic rings. The minimum atomic E-state index is -0.836. The molecule has 2 N–H and O–H groups in total. The Morgan fingerprint density at radius 3 is 1.82 bits per heavy atom. The molecule has 6 heteroatoms. The third-order valence-electron chi connectivity index (χ3n) is 10.2. The lowest BCUT2D eigenvalue weighted by Crippen LogP contribution is -2.64. The van der Waals surface area contributed by atoms with Crippen molar-refractivity contribution in [2.45, 2.75) is 44.2 Å². The normalized spacial score (nSPS) is 29.7. The molecule has 2 saturated heterocycles. The molecule has 5 atom stereocenters. The number of anilines is 2. The van der Waals surface area contributed by atoms with Crippen LogP contribution in [0.2, 0.25) is 0 Å². The van der Waals surface area contributed by atoms with E-state index in [0.29, 0.717) is 35.4 Å². The Kier molecular flexibility index (Phi) is 4.68. The zero-order valence-corrected chi connectivity index (χ0v) is 21.6. The number of aromatic hydroxyl groups is 2. The lowest BCUT2D eigenvalue weighted by Gasteiger charge is -2.56. The standard InChI is InChI=1S/C33H30N2O4/c36-27-15-13-25(19-7-1-3-9-21(19)27)34-29(38)17-18-33(34)31-24-12-6-5-11-23(24)30(31)32(39)35(33)26-14-16-28(37)22-10-4-2-8-20(22)26/h1-4,7-10,13-16,23-24,30-31,36-37H,5-6,11-12,17-18H2. The molecule has 2 amide bonds. The molecule has 0 aromatic heterocycles. The number of amides is 2. The van der Waals surface area contributed by atoms with Gasteiger partial charge >= 0.3 is 0 Å². The Morgan fingerprint density at radius 1 is 0.667 bits per heavy atom. The van der Waals surface area contributed by atoms with Crippen LogP contribution in [0.1, 0.15) is 38.5 Å². The Labute approximate surface area is 226 Å². The number of phenolic OH excluding ortho intramolecular Hbond substituents is 2. The van der Waals surface area contributed by atoms with Gasteiger partial charge in [-0.2, -0.15) is 0 Å². The van der Waals surface area contributed by atoms with E-state index in [9.17, 15) is 19.8 Å². The molecule has 0 radical (unpaired) electrons. The first-order chi connectivity index (χ1) is 19.0. The highest BCUT2D eigenvalue weighted by Crippen LogP contribution is 2.67. The van der Waals surface area contributed by atoms with Crippen molar-refractivity contribution in [2.75, 3.05) is 9.80 Å². The van der Waals surface area contributed by atoms with Crippen LogP contribution in [0.3, 0.4) is 0 Å². The van der Waals surface area contributed by atoms with Gasteiger partial charge in [-0.3, -0.25) is 19.4 Å². The van der Waals surface area contributed by atoms with Gasteiger partial charge in [-0.1, -0.05) is 61.4 Å². The van der Waals surface area contributed by atoms with Crippen molar-refractivity contribution in [3.63, 3.8) is 0 Å². The molecule has 2 aliphatic carbocycles. The number of rotatable bonds is 2. The Balaban J connectivity index is 1.41. The quantitative estimate of drug-likeness (QED) is 0.325. The van der Waals surface area contributed by atoms with E-state index in [1.54, 1.807) is 12.1 Å². The molecule has 196 valence electrons. The predicted molar refractivity (Wildman–Crippen MR) is 151 cm³/mol. The van der Waals surface area contributed by atoms with Crippen molar-refractivity contribution in [2.24, 2.45) is 23.7 Å². The van der Waals surface area contributed by atoms with Crippen LogP contribution in [0.15, 0.2) is 72.8 Å². The van der Waals surface area contributed by atoms with Crippen LogP contribution in [0.5, 0.6) is 11.5 Å². The van der Waals surface area contributed by atoms with E-state index >= 15 is 0 Å². The van der Waals surface area contributed by atoms with Crippen molar-refractivity contribution < 1.29 is 19.8 Å². The minimum absolute atomic E-state index is 0.00614. The van der Waals surface area contributed by atoms with Crippen LogP contribution in [-0.2, 0) is 9.59 Å². The lowest BCUT2D eigenvalue weighted by atomic mass is 9.50. The molecule has 0 bridgehead atoms. The summed E-state index contributed by atoms with van der Waals surface area (Å²) >= 11 is 0. The summed E-state index contributed by atoms with van der Waals surface area (Å²) in [6.45, 7) is 0. The van der Waals surface area contributed by atoms with Gasteiger partial charge in [-0.25, -0.2) is 0 Å². The zero-order chi connectivity index (χ0) is 26.5. The van der Waals surface area contributed by atoms with Crippen LogP contribution < -0.4 is 9.80 Å². The average molecular weight is 519 g/mol. The maximum Gasteiger partial charge on any atom is 0.232 e. The fourth-order valence-corrected chi connectivity index (χ4v) is 8.78. The summed E-state index contributed by atoms with van der Waals surface area (Å²) in [5.41, 5.74) is 0.658. The van der Waals surface area contributed by atoms with Gasteiger partial charge in [0.05, 0.1) is 11.4 Å². The fraction of sp³-hybridized carbons (Fsp3) is 0.333. The summed E-state index contributed by atoms with van der Waals surface area (Å²) in [5, 5.41) is 24.3. The number of phenols is 2. The van der Waals surface area contributed by atoms with Gasteiger partial charge in [0.15, 0.2) is 0 Å². The summed E-state index contributed by atoms with van der Waals surface area (Å²) < 4.78 is 0. The van der Waals surface area contributed by atoms with Gasteiger partial charge in [0.1, 0.15) is 17.2 Å². The van der Waals surface area contributed by atoms with Crippen molar-refractivity contribution >= 4 is 44.7 Å². The third kappa shape index (κ3) is 2.81. The van der Waals surface area contributed by atoms with Crippen LogP contribution in [-0.4, -0.2) is 27.7 Å². The van der Waals surface area contributed by atoms with Crippen LogP contribution in [0.25, 0.3) is 21.5 Å². The monoisotopic (exact) mass is 518 g/mol. The van der Waals surface area contributed by atoms with Gasteiger partial charge in [-0.15, -0.1) is 0 Å². The van der Waals surface area contributed by atoms with E-state index in [1.807, 2.05) is 70.5 Å². The summed E-state index contributed by atoms with van der Waals surface area (Å²) in [6, 6.07) is 22.3. The van der Waals surface area contributed by atoms with Crippen molar-refractivity contribution in [3.8, 4) is 11.5 Å². The number of carbonyl (C=O) groups excluding carboxylic acids is 2. The van der Waals surface area contributed by atoms with Gasteiger partial charge in [0, 0.05) is 39.8 Å². The van der Waals surface area contributed by atoms with E-state index < -0.39 is 5.66 Å². The topological polar surface area (TPSA) is 81.1 Å². The average Bonchev–Trinajstić information content (AvgIpc) is 3.38. The van der Waals surface area contributed by atoms with Crippen molar-refractivity contribution in [1.29, 1.82) is 0 Å². The molecular weight excluding hydrogens is 488 g/mol. The summed E-state index contributed by atoms with van der Waals surface area (Å²) in [6.07, 6.45) is 5.38. The van der Waals surface area contributed by atoms with Gasteiger partial charge in [0.25, 0.3) is 0 Å². The molecular formula is C33H30N2O4. The molecule has 5 unspecified atom stereocenters. The molecule has 2 saturated carbocycles. The first-order valence-electron chi connectivity index (χ1n) is 14.1. The third-order valence-corrected chi connectivity index (χ3v) is 10.2. The van der Waals surface area contributed by atoms with E-state index in [-0.39, 0.29) is 35.1 Å². The van der Waals surface area contributed by atoms with E-state index in [1.165, 1.54) is 0 Å². The van der Waals surface area contributed by atoms with Crippen LogP contribution in [0.4, 0.5) is 11.4 Å². The maximum absolute atomic E-state index is 14.6. The number of nitrogens with zero attached hydrogens (tertiary/aromatic N) is 2. The number of fused-ring (bicyclic) bond motifs is 7. The highest BCUT2D eigenvalue weighted by atomic mass is 16.3. The maximum atomic E-state index is 14.6. The highest BCUT2D eigenvalue weighted by molar-refractivity contribution is 6.14. The summed E-state index contributed by atoms with van der Waals surface area (Å²) in [4.78, 5) is 32.5. The van der Waals surface area contributed by atoms with Crippen molar-refractivity contribution in [1.82, 2.24) is 0 Å². The molecule has 4 aromatic rings. The van der Waals surface area contributed by atoms with Gasteiger partial charge < -0.3 is 10.2 Å². The van der Waals surface area contributed by atoms with E-state index in [2.05, 4.69) is 0 Å². The number of hydrogen-bond donors (Lipinski definition) is 2. The SMILES string of the molecule is O=C1CCC2(C3C4CCCCC4C3C(=O)N2c2ccc(O)c3ccccc23)N1c1ccc(O)c2ccccc12. The Bertz CT molecular complexity index is 1700. The molecule has 39 heavy (non-hydrogen) atoms. The van der Waals surface area contributed by atoms with Crippen LogP contribution in [0, 0.1) is 23.7 Å². The van der Waals surface area contributed by atoms with Crippen molar-refractivity contribution in [3.05, 3.63) is 72.8 Å². The second-order valence-corrected chi connectivity index (χ2v) is 11.7. The second kappa shape index (κ2) is 7.98. The fourth-order valence-electron chi connectivity index (χ4n) is 8.78. The summed E-state index contributed by atoms with van der Waals surface area (Å²) in [7, 11) is 0. The number of carbonyl (C=O) groups is 2. The molecule has 6 nitrogen and oxygen atoms in total. The molecule has 8 rings (SSSR count). The minimum Gasteiger partial charge on any atom is -0.507 e. The van der Waals surface area contributed by atoms with E-state index in [0.717, 1.165) is 47.8 Å². The smallest absolute Gasteiger partial charge is 0.232 e. The first-order valence-corrected chi connectivity index (χ1v) is 14.1. The molecule has 1 spiro atoms. The largest absolute Gasteiger partial charge is 0.507 e. The van der Waals surface area contributed by atoms with Gasteiger partial charge in [0.2, 0.25) is 11.8 Å². The zero-order valence-electron chi connectivity index (χ0n) is 21.6. The number of benzene rings is 4. The van der Waals surface area contributed by atoms with Gasteiger partial charge in [-0.05, 0) is 55.4 Å². The Hall–Kier alpha value is -4.06. The second-order valence-electron chi connectivity index (χ2n) is 11.7. The lowest BCUT2D eigenvalue weighted by molar-refractivity contribution is -0.134. The molecule has 4 fully saturated rings. The number of hydrogen-bond acceptors (Lipinski definition) is 4. The molecule has 4 aromatic carbocycles. The van der Waals surface area contributed by atoms with E-state index in [4.69, 9.17) is 0 Å². The predicted octanol–water partition coefficient (Wildman–Crippen LogP) is 6.33. The molecule has 2 heterocycles.